The van der Waals surface area contributed by atoms with E-state index in [-0.39, 0.29) is 6.10 Å². The highest BCUT2D eigenvalue weighted by Crippen LogP contribution is 2.10. The van der Waals surface area contributed by atoms with Crippen molar-refractivity contribution in [2.24, 2.45) is 5.41 Å². The van der Waals surface area contributed by atoms with E-state index in [1.165, 1.54) is 0 Å². The maximum absolute atomic E-state index is 5.22. The molecule has 0 aliphatic heterocycles. The standard InChI is InChI=1S/C10H23NO2/c1-10(2,3)8-11-6-9(13-5)7-12-4/h9,11H,6-8H2,1-5H3. The first kappa shape index (κ1) is 12.9. The molecule has 1 unspecified atom stereocenters. The fourth-order valence-electron chi connectivity index (χ4n) is 1.00. The third kappa shape index (κ3) is 8.22. The third-order valence-electron chi connectivity index (χ3n) is 1.71. The Morgan fingerprint density at radius 3 is 2.23 bits per heavy atom. The Morgan fingerprint density at radius 1 is 1.23 bits per heavy atom. The van der Waals surface area contributed by atoms with Crippen molar-refractivity contribution in [1.29, 1.82) is 0 Å². The minimum atomic E-state index is 0.160. The van der Waals surface area contributed by atoms with Crippen molar-refractivity contribution in [1.82, 2.24) is 5.32 Å². The predicted molar refractivity (Wildman–Crippen MR) is 55.0 cm³/mol. The van der Waals surface area contributed by atoms with Gasteiger partial charge in [-0.05, 0) is 5.41 Å². The SMILES string of the molecule is COCC(CNCC(C)(C)C)OC. The van der Waals surface area contributed by atoms with Crippen LogP contribution >= 0.6 is 0 Å². The van der Waals surface area contributed by atoms with Gasteiger partial charge in [0.1, 0.15) is 0 Å². The maximum Gasteiger partial charge on any atom is 0.0928 e. The second-order valence-corrected chi connectivity index (χ2v) is 4.50. The van der Waals surface area contributed by atoms with Gasteiger partial charge in [-0.2, -0.15) is 0 Å². The molecule has 0 saturated carbocycles. The maximum atomic E-state index is 5.22. The summed E-state index contributed by atoms with van der Waals surface area (Å²) in [4.78, 5) is 0. The van der Waals surface area contributed by atoms with Gasteiger partial charge in [0.15, 0.2) is 0 Å². The summed E-state index contributed by atoms with van der Waals surface area (Å²) in [5.74, 6) is 0. The van der Waals surface area contributed by atoms with Crippen molar-refractivity contribution in [3.8, 4) is 0 Å². The summed E-state index contributed by atoms with van der Waals surface area (Å²) in [5, 5.41) is 3.36. The molecule has 3 heteroatoms. The average molecular weight is 189 g/mol. The van der Waals surface area contributed by atoms with Gasteiger partial charge in [-0.15, -0.1) is 0 Å². The predicted octanol–water partition coefficient (Wildman–Crippen LogP) is 1.28. The van der Waals surface area contributed by atoms with Crippen LogP contribution in [0.15, 0.2) is 0 Å². The summed E-state index contributed by atoms with van der Waals surface area (Å²) in [5.41, 5.74) is 0.325. The van der Waals surface area contributed by atoms with Gasteiger partial charge < -0.3 is 14.8 Å². The summed E-state index contributed by atoms with van der Waals surface area (Å²) < 4.78 is 10.2. The van der Waals surface area contributed by atoms with Gasteiger partial charge in [0.05, 0.1) is 12.7 Å². The first-order valence-electron chi connectivity index (χ1n) is 4.72. The molecule has 0 radical (unpaired) electrons. The van der Waals surface area contributed by atoms with E-state index in [0.717, 1.165) is 13.1 Å². The molecule has 13 heavy (non-hydrogen) atoms. The fraction of sp³-hybridized carbons (Fsp3) is 1.00. The smallest absolute Gasteiger partial charge is 0.0928 e. The quantitative estimate of drug-likeness (QED) is 0.683. The van der Waals surface area contributed by atoms with Crippen molar-refractivity contribution in [2.45, 2.75) is 26.9 Å². The molecule has 3 nitrogen and oxygen atoms in total. The van der Waals surface area contributed by atoms with Gasteiger partial charge in [0.25, 0.3) is 0 Å². The molecule has 0 amide bonds. The molecule has 0 aromatic carbocycles. The van der Waals surface area contributed by atoms with E-state index in [1.54, 1.807) is 14.2 Å². The average Bonchev–Trinajstić information content (AvgIpc) is 2.01. The van der Waals surface area contributed by atoms with Crippen molar-refractivity contribution >= 4 is 0 Å². The van der Waals surface area contributed by atoms with E-state index in [4.69, 9.17) is 9.47 Å². The third-order valence-corrected chi connectivity index (χ3v) is 1.71. The second-order valence-electron chi connectivity index (χ2n) is 4.50. The van der Waals surface area contributed by atoms with Crippen LogP contribution in [-0.2, 0) is 9.47 Å². The van der Waals surface area contributed by atoms with Crippen LogP contribution in [0.2, 0.25) is 0 Å². The molecule has 0 fully saturated rings. The van der Waals surface area contributed by atoms with Crippen molar-refractivity contribution < 1.29 is 9.47 Å². The second kappa shape index (κ2) is 6.35. The summed E-state index contributed by atoms with van der Waals surface area (Å²) in [6, 6.07) is 0. The highest BCUT2D eigenvalue weighted by Gasteiger charge is 2.11. The number of hydrogen-bond donors (Lipinski definition) is 1. The van der Waals surface area contributed by atoms with Crippen molar-refractivity contribution in [3.63, 3.8) is 0 Å². The lowest BCUT2D eigenvalue weighted by Crippen LogP contribution is -2.36. The first-order valence-corrected chi connectivity index (χ1v) is 4.72. The zero-order valence-corrected chi connectivity index (χ0v) is 9.52. The van der Waals surface area contributed by atoms with Gasteiger partial charge in [0.2, 0.25) is 0 Å². The van der Waals surface area contributed by atoms with Gasteiger partial charge in [-0.3, -0.25) is 0 Å². The Hall–Kier alpha value is -0.120. The molecule has 0 heterocycles. The molecule has 0 bridgehead atoms. The van der Waals surface area contributed by atoms with E-state index in [2.05, 4.69) is 26.1 Å². The van der Waals surface area contributed by atoms with Gasteiger partial charge in [-0.1, -0.05) is 20.8 Å². The molecule has 1 N–H and O–H groups in total. The van der Waals surface area contributed by atoms with E-state index in [1.807, 2.05) is 0 Å². The Kier molecular flexibility index (Phi) is 6.29. The Balaban J connectivity index is 3.49. The highest BCUT2D eigenvalue weighted by atomic mass is 16.5. The van der Waals surface area contributed by atoms with Crippen molar-refractivity contribution in [2.75, 3.05) is 33.9 Å². The largest absolute Gasteiger partial charge is 0.382 e. The molecule has 80 valence electrons. The van der Waals surface area contributed by atoms with E-state index >= 15 is 0 Å². The van der Waals surface area contributed by atoms with Gasteiger partial charge in [0, 0.05) is 27.3 Å². The molecule has 0 saturated heterocycles. The van der Waals surface area contributed by atoms with Crippen LogP contribution in [0, 0.1) is 5.41 Å². The summed E-state index contributed by atoms with van der Waals surface area (Å²) in [6.07, 6.45) is 0.160. The molecule has 0 aliphatic carbocycles. The van der Waals surface area contributed by atoms with Crippen LogP contribution in [-0.4, -0.2) is 40.0 Å². The molecule has 0 rings (SSSR count). The molecular formula is C10H23NO2. The lowest BCUT2D eigenvalue weighted by Gasteiger charge is -2.21. The number of methoxy groups -OCH3 is 2. The van der Waals surface area contributed by atoms with Gasteiger partial charge >= 0.3 is 0 Å². The van der Waals surface area contributed by atoms with E-state index < -0.39 is 0 Å². The van der Waals surface area contributed by atoms with Crippen LogP contribution in [0.4, 0.5) is 0 Å². The minimum Gasteiger partial charge on any atom is -0.382 e. The Morgan fingerprint density at radius 2 is 1.85 bits per heavy atom. The molecule has 0 spiro atoms. The van der Waals surface area contributed by atoms with Crippen LogP contribution in [0.25, 0.3) is 0 Å². The number of ether oxygens (including phenoxy) is 2. The van der Waals surface area contributed by atoms with Crippen molar-refractivity contribution in [3.05, 3.63) is 0 Å². The molecular weight excluding hydrogens is 166 g/mol. The zero-order valence-electron chi connectivity index (χ0n) is 9.52. The molecule has 0 aromatic rings. The Labute approximate surface area is 81.8 Å². The molecule has 0 aromatic heterocycles. The number of nitrogens with one attached hydrogen (secondary N) is 1. The summed E-state index contributed by atoms with van der Waals surface area (Å²) in [6.45, 7) is 9.11. The van der Waals surface area contributed by atoms with Crippen LogP contribution in [0.1, 0.15) is 20.8 Å². The molecule has 0 aliphatic rings. The van der Waals surface area contributed by atoms with E-state index in [9.17, 15) is 0 Å². The molecule has 1 atom stereocenters. The minimum absolute atomic E-state index is 0.160. The number of rotatable bonds is 6. The summed E-state index contributed by atoms with van der Waals surface area (Å²) >= 11 is 0. The zero-order chi connectivity index (χ0) is 10.3. The van der Waals surface area contributed by atoms with Crippen LogP contribution in [0.3, 0.4) is 0 Å². The Bertz CT molecular complexity index is 121. The first-order chi connectivity index (χ1) is 5.99. The topological polar surface area (TPSA) is 30.5 Å². The highest BCUT2D eigenvalue weighted by molar-refractivity contribution is 4.67. The van der Waals surface area contributed by atoms with Crippen LogP contribution < -0.4 is 5.32 Å². The number of hydrogen-bond acceptors (Lipinski definition) is 3. The van der Waals surface area contributed by atoms with Crippen LogP contribution in [0.5, 0.6) is 0 Å². The fourth-order valence-corrected chi connectivity index (χ4v) is 1.00. The summed E-state index contributed by atoms with van der Waals surface area (Å²) in [7, 11) is 3.40. The van der Waals surface area contributed by atoms with E-state index in [0.29, 0.717) is 12.0 Å². The monoisotopic (exact) mass is 189 g/mol. The lowest BCUT2D eigenvalue weighted by atomic mass is 9.97. The van der Waals surface area contributed by atoms with Gasteiger partial charge in [-0.25, -0.2) is 0 Å². The lowest BCUT2D eigenvalue weighted by molar-refractivity contribution is 0.0279. The normalized spacial score (nSPS) is 14.5.